The molecule has 1 aromatic rings. The average Bonchev–Trinajstić information content (AvgIpc) is 2.28. The molecule has 0 saturated heterocycles. The Morgan fingerprint density at radius 3 is 2.71 bits per heavy atom. The minimum Gasteiger partial charge on any atom is -0.380 e. The second kappa shape index (κ2) is 6.63. The zero-order valence-electron chi connectivity index (χ0n) is 10.2. The second-order valence-electron chi connectivity index (χ2n) is 4.51. The maximum atomic E-state index is 9.04. The van der Waals surface area contributed by atoms with Gasteiger partial charge >= 0.3 is 0 Å². The minimum atomic E-state index is 0.205. The van der Waals surface area contributed by atoms with Crippen molar-refractivity contribution in [2.24, 2.45) is 11.7 Å². The maximum Gasteiger partial charge on any atom is 0.101 e. The van der Waals surface area contributed by atoms with E-state index in [-0.39, 0.29) is 6.04 Å². The maximum absolute atomic E-state index is 9.04. The first-order chi connectivity index (χ1) is 8.06. The number of benzene rings is 1. The molecule has 0 radical (unpaired) electrons. The fraction of sp³-hybridized carbons (Fsp3) is 0.462. The van der Waals surface area contributed by atoms with Crippen LogP contribution in [0.3, 0.4) is 0 Å². The van der Waals surface area contributed by atoms with Crippen LogP contribution in [-0.2, 0) is 0 Å². The highest BCUT2D eigenvalue weighted by molar-refractivity contribution is 9.10. The Hall–Kier alpha value is -1.05. The van der Waals surface area contributed by atoms with Crippen molar-refractivity contribution >= 4 is 21.6 Å². The molecule has 0 amide bonds. The fourth-order valence-electron chi connectivity index (χ4n) is 1.74. The number of halogens is 1. The zero-order chi connectivity index (χ0) is 12.8. The third-order valence-electron chi connectivity index (χ3n) is 2.50. The zero-order valence-corrected chi connectivity index (χ0v) is 11.8. The van der Waals surface area contributed by atoms with Gasteiger partial charge in [0.05, 0.1) is 11.3 Å². The SMILES string of the molecule is CC(C)CC(CN)Nc1cc(Br)ccc1C#N. The monoisotopic (exact) mass is 295 g/mol. The summed E-state index contributed by atoms with van der Waals surface area (Å²) in [5.74, 6) is 0.578. The van der Waals surface area contributed by atoms with E-state index in [1.807, 2.05) is 12.1 Å². The standard InChI is InChI=1S/C13H18BrN3/c1-9(2)5-12(8-16)17-13-6-11(14)4-3-10(13)7-15/h3-4,6,9,12,17H,5,8,16H2,1-2H3. The van der Waals surface area contributed by atoms with Gasteiger partial charge in [-0.3, -0.25) is 0 Å². The summed E-state index contributed by atoms with van der Waals surface area (Å²) in [6, 6.07) is 7.97. The molecule has 1 unspecified atom stereocenters. The summed E-state index contributed by atoms with van der Waals surface area (Å²) in [4.78, 5) is 0. The lowest BCUT2D eigenvalue weighted by molar-refractivity contribution is 0.522. The Balaban J connectivity index is 2.85. The van der Waals surface area contributed by atoms with Gasteiger partial charge in [-0.1, -0.05) is 29.8 Å². The molecular formula is C13H18BrN3. The summed E-state index contributed by atoms with van der Waals surface area (Å²) in [6.45, 7) is 4.89. The molecule has 17 heavy (non-hydrogen) atoms. The molecular weight excluding hydrogens is 278 g/mol. The molecule has 0 fully saturated rings. The summed E-state index contributed by atoms with van der Waals surface area (Å²) in [7, 11) is 0. The molecule has 1 aromatic carbocycles. The van der Waals surface area contributed by atoms with Crippen molar-refractivity contribution in [2.75, 3.05) is 11.9 Å². The van der Waals surface area contributed by atoms with Crippen molar-refractivity contribution < 1.29 is 0 Å². The lowest BCUT2D eigenvalue weighted by Crippen LogP contribution is -2.30. The van der Waals surface area contributed by atoms with Crippen molar-refractivity contribution in [1.82, 2.24) is 0 Å². The topological polar surface area (TPSA) is 61.8 Å². The highest BCUT2D eigenvalue weighted by Gasteiger charge is 2.11. The van der Waals surface area contributed by atoms with E-state index < -0.39 is 0 Å². The lowest BCUT2D eigenvalue weighted by Gasteiger charge is -2.20. The van der Waals surface area contributed by atoms with Crippen molar-refractivity contribution in [2.45, 2.75) is 26.3 Å². The van der Waals surface area contributed by atoms with Gasteiger partial charge in [0.2, 0.25) is 0 Å². The van der Waals surface area contributed by atoms with Gasteiger partial charge in [0, 0.05) is 17.1 Å². The average molecular weight is 296 g/mol. The van der Waals surface area contributed by atoms with Crippen LogP contribution in [0.25, 0.3) is 0 Å². The van der Waals surface area contributed by atoms with Crippen LogP contribution in [0.15, 0.2) is 22.7 Å². The van der Waals surface area contributed by atoms with E-state index in [9.17, 15) is 0 Å². The molecule has 4 heteroatoms. The largest absolute Gasteiger partial charge is 0.380 e. The number of nitrogens with one attached hydrogen (secondary N) is 1. The Morgan fingerprint density at radius 2 is 2.18 bits per heavy atom. The van der Waals surface area contributed by atoms with Gasteiger partial charge in [0.1, 0.15) is 6.07 Å². The molecule has 0 aliphatic carbocycles. The van der Waals surface area contributed by atoms with Gasteiger partial charge in [0.15, 0.2) is 0 Å². The molecule has 0 aliphatic rings. The molecule has 0 aromatic heterocycles. The first-order valence-corrected chi connectivity index (χ1v) is 6.52. The molecule has 92 valence electrons. The summed E-state index contributed by atoms with van der Waals surface area (Å²) in [5.41, 5.74) is 7.24. The molecule has 0 spiro atoms. The molecule has 1 rings (SSSR count). The highest BCUT2D eigenvalue weighted by Crippen LogP contribution is 2.22. The van der Waals surface area contributed by atoms with E-state index in [2.05, 4.69) is 41.2 Å². The van der Waals surface area contributed by atoms with Gasteiger partial charge in [-0.25, -0.2) is 0 Å². The van der Waals surface area contributed by atoms with E-state index in [0.717, 1.165) is 16.6 Å². The smallest absolute Gasteiger partial charge is 0.101 e. The Kier molecular flexibility index (Phi) is 5.46. The van der Waals surface area contributed by atoms with Gasteiger partial charge in [-0.2, -0.15) is 5.26 Å². The van der Waals surface area contributed by atoms with Crippen LogP contribution in [0.1, 0.15) is 25.8 Å². The molecule has 3 nitrogen and oxygen atoms in total. The van der Waals surface area contributed by atoms with Crippen LogP contribution in [0.2, 0.25) is 0 Å². The number of anilines is 1. The molecule has 0 aliphatic heterocycles. The first-order valence-electron chi connectivity index (χ1n) is 5.73. The lowest BCUT2D eigenvalue weighted by atomic mass is 10.0. The summed E-state index contributed by atoms with van der Waals surface area (Å²) >= 11 is 3.41. The van der Waals surface area contributed by atoms with Crippen molar-refractivity contribution in [3.05, 3.63) is 28.2 Å². The Morgan fingerprint density at radius 1 is 1.47 bits per heavy atom. The van der Waals surface area contributed by atoms with Gasteiger partial charge < -0.3 is 11.1 Å². The Labute approximate surface area is 111 Å². The van der Waals surface area contributed by atoms with Crippen molar-refractivity contribution in [3.8, 4) is 6.07 Å². The summed E-state index contributed by atoms with van der Waals surface area (Å²) < 4.78 is 0.958. The first kappa shape index (κ1) is 14.0. The second-order valence-corrected chi connectivity index (χ2v) is 5.42. The van der Waals surface area contributed by atoms with Gasteiger partial charge in [-0.05, 0) is 30.5 Å². The molecule has 3 N–H and O–H groups in total. The number of nitrogens with two attached hydrogens (primary N) is 1. The van der Waals surface area contributed by atoms with E-state index in [1.54, 1.807) is 6.07 Å². The minimum absolute atomic E-state index is 0.205. The highest BCUT2D eigenvalue weighted by atomic mass is 79.9. The summed E-state index contributed by atoms with van der Waals surface area (Å²) in [5, 5.41) is 12.4. The van der Waals surface area contributed by atoms with Gasteiger partial charge in [0.25, 0.3) is 0 Å². The van der Waals surface area contributed by atoms with E-state index in [0.29, 0.717) is 18.0 Å². The van der Waals surface area contributed by atoms with Crippen LogP contribution < -0.4 is 11.1 Å². The van der Waals surface area contributed by atoms with Crippen LogP contribution >= 0.6 is 15.9 Å². The summed E-state index contributed by atoms with van der Waals surface area (Å²) in [6.07, 6.45) is 0.994. The van der Waals surface area contributed by atoms with E-state index >= 15 is 0 Å². The molecule has 1 atom stereocenters. The molecule has 0 bridgehead atoms. The van der Waals surface area contributed by atoms with Crippen molar-refractivity contribution in [3.63, 3.8) is 0 Å². The van der Waals surface area contributed by atoms with Crippen LogP contribution in [0, 0.1) is 17.2 Å². The Bertz CT molecular complexity index is 410. The van der Waals surface area contributed by atoms with E-state index in [4.69, 9.17) is 11.0 Å². The number of nitriles is 1. The molecule has 0 heterocycles. The number of hydrogen-bond donors (Lipinski definition) is 2. The third kappa shape index (κ3) is 4.37. The number of hydrogen-bond acceptors (Lipinski definition) is 3. The van der Waals surface area contributed by atoms with Crippen LogP contribution in [-0.4, -0.2) is 12.6 Å². The normalized spacial score (nSPS) is 12.2. The quantitative estimate of drug-likeness (QED) is 0.877. The number of nitrogens with zero attached hydrogens (tertiary/aromatic N) is 1. The van der Waals surface area contributed by atoms with Gasteiger partial charge in [-0.15, -0.1) is 0 Å². The van der Waals surface area contributed by atoms with Crippen molar-refractivity contribution in [1.29, 1.82) is 5.26 Å². The third-order valence-corrected chi connectivity index (χ3v) is 3.00. The van der Waals surface area contributed by atoms with Crippen LogP contribution in [0.5, 0.6) is 0 Å². The van der Waals surface area contributed by atoms with E-state index in [1.165, 1.54) is 0 Å². The number of rotatable bonds is 5. The van der Waals surface area contributed by atoms with Crippen LogP contribution in [0.4, 0.5) is 5.69 Å². The fourth-order valence-corrected chi connectivity index (χ4v) is 2.10. The predicted molar refractivity (Wildman–Crippen MR) is 74.8 cm³/mol. The molecule has 0 saturated carbocycles. The predicted octanol–water partition coefficient (Wildman–Crippen LogP) is 3.11.